The number of hydrogen-bond donors (Lipinski definition) is 1. The Hall–Kier alpha value is -1.20. The summed E-state index contributed by atoms with van der Waals surface area (Å²) in [6, 6.07) is 1.88. The number of aryl methyl sites for hydroxylation is 2. The van der Waals surface area contributed by atoms with Crippen LogP contribution in [0.4, 0.5) is 0 Å². The predicted octanol–water partition coefficient (Wildman–Crippen LogP) is 1.18. The van der Waals surface area contributed by atoms with E-state index in [4.69, 9.17) is 9.84 Å². The molecule has 0 spiro atoms. The highest BCUT2D eigenvalue weighted by atomic mass is 16.5. The third kappa shape index (κ3) is 4.28. The third-order valence-electron chi connectivity index (χ3n) is 2.41. The Kier molecular flexibility index (Phi) is 5.31. The fourth-order valence-corrected chi connectivity index (χ4v) is 1.67. The monoisotopic (exact) mass is 240 g/mol. The summed E-state index contributed by atoms with van der Waals surface area (Å²) in [5, 5.41) is 12.7. The average Bonchev–Trinajstić information content (AvgIpc) is 2.58. The van der Waals surface area contributed by atoms with Gasteiger partial charge in [-0.3, -0.25) is 4.79 Å². The molecule has 1 aromatic heterocycles. The van der Waals surface area contributed by atoms with Crippen LogP contribution in [0.5, 0.6) is 0 Å². The molecule has 1 heterocycles. The Morgan fingerprint density at radius 3 is 2.82 bits per heavy atom. The molecule has 0 saturated carbocycles. The predicted molar refractivity (Wildman–Crippen MR) is 64.0 cm³/mol. The molecule has 0 radical (unpaired) electrons. The quantitative estimate of drug-likeness (QED) is 0.758. The van der Waals surface area contributed by atoms with E-state index >= 15 is 0 Å². The molecule has 0 amide bonds. The molecule has 5 heteroatoms. The highest BCUT2D eigenvalue weighted by Crippen LogP contribution is 2.08. The summed E-state index contributed by atoms with van der Waals surface area (Å²) in [4.78, 5) is 11.9. The molecule has 1 atom stereocenters. The summed E-state index contributed by atoms with van der Waals surface area (Å²) in [5.74, 6) is 0.105. The summed E-state index contributed by atoms with van der Waals surface area (Å²) in [7, 11) is 0. The molecule has 96 valence electrons. The van der Waals surface area contributed by atoms with Gasteiger partial charge < -0.3 is 9.84 Å². The topological polar surface area (TPSA) is 64.3 Å². The molecule has 1 rings (SSSR count). The number of aliphatic hydroxyl groups is 1. The van der Waals surface area contributed by atoms with E-state index in [-0.39, 0.29) is 18.4 Å². The molecule has 17 heavy (non-hydrogen) atoms. The second-order valence-electron chi connectivity index (χ2n) is 4.34. The molecule has 0 aliphatic rings. The van der Waals surface area contributed by atoms with Gasteiger partial charge in [0.25, 0.3) is 0 Å². The smallest absolute Gasteiger partial charge is 0.247 e. The summed E-state index contributed by atoms with van der Waals surface area (Å²) >= 11 is 0. The highest BCUT2D eigenvalue weighted by molar-refractivity contribution is 5.78. The molecule has 1 N–H and O–H groups in total. The Morgan fingerprint density at radius 1 is 1.59 bits per heavy atom. The van der Waals surface area contributed by atoms with Crippen LogP contribution >= 0.6 is 0 Å². The van der Waals surface area contributed by atoms with Gasteiger partial charge in [-0.05, 0) is 25.8 Å². The van der Waals surface area contributed by atoms with Crippen molar-refractivity contribution in [2.75, 3.05) is 19.8 Å². The van der Waals surface area contributed by atoms with Crippen molar-refractivity contribution in [2.24, 2.45) is 5.92 Å². The van der Waals surface area contributed by atoms with Crippen LogP contribution in [0.3, 0.4) is 0 Å². The van der Waals surface area contributed by atoms with Gasteiger partial charge in [0, 0.05) is 18.7 Å². The zero-order valence-electron chi connectivity index (χ0n) is 10.6. The first-order valence-corrected chi connectivity index (χ1v) is 5.79. The highest BCUT2D eigenvalue weighted by Gasteiger charge is 2.14. The maximum absolute atomic E-state index is 11.9. The van der Waals surface area contributed by atoms with Gasteiger partial charge in [0.15, 0.2) is 0 Å². The summed E-state index contributed by atoms with van der Waals surface area (Å²) in [6.07, 6.45) is 0.396. The zero-order chi connectivity index (χ0) is 12.8. The minimum Gasteiger partial charge on any atom is -0.394 e. The van der Waals surface area contributed by atoms with Crippen molar-refractivity contribution in [1.82, 2.24) is 9.78 Å². The maximum atomic E-state index is 11.9. The van der Waals surface area contributed by atoms with Crippen LogP contribution in [0.15, 0.2) is 6.07 Å². The van der Waals surface area contributed by atoms with Crippen LogP contribution in [0.25, 0.3) is 0 Å². The van der Waals surface area contributed by atoms with Gasteiger partial charge >= 0.3 is 0 Å². The van der Waals surface area contributed by atoms with Gasteiger partial charge in [-0.1, -0.05) is 6.92 Å². The molecule has 0 aromatic carbocycles. The molecule has 0 bridgehead atoms. The third-order valence-corrected chi connectivity index (χ3v) is 2.41. The van der Waals surface area contributed by atoms with Crippen LogP contribution < -0.4 is 0 Å². The van der Waals surface area contributed by atoms with Crippen LogP contribution in [0.2, 0.25) is 0 Å². The van der Waals surface area contributed by atoms with Crippen LogP contribution in [0, 0.1) is 19.8 Å². The maximum Gasteiger partial charge on any atom is 0.247 e. The zero-order valence-corrected chi connectivity index (χ0v) is 10.6. The number of rotatable bonds is 6. The molecule has 1 unspecified atom stereocenters. The molecule has 0 aliphatic carbocycles. The van der Waals surface area contributed by atoms with E-state index in [1.807, 2.05) is 26.8 Å². The second-order valence-corrected chi connectivity index (χ2v) is 4.34. The molecule has 0 aliphatic heterocycles. The normalized spacial score (nSPS) is 12.7. The minimum absolute atomic E-state index is 0.0120. The first-order valence-electron chi connectivity index (χ1n) is 5.79. The number of hydrogen-bond acceptors (Lipinski definition) is 4. The van der Waals surface area contributed by atoms with Crippen molar-refractivity contribution in [2.45, 2.75) is 27.2 Å². The molecule has 0 fully saturated rings. The van der Waals surface area contributed by atoms with Crippen LogP contribution in [0.1, 0.15) is 29.5 Å². The van der Waals surface area contributed by atoms with Gasteiger partial charge in [-0.2, -0.15) is 5.10 Å². The standard InChI is InChI=1S/C12H20N2O3/c1-9(8-17-5-4-15)6-12(16)14-11(3)7-10(2)13-14/h7,9,15H,4-6,8H2,1-3H3. The van der Waals surface area contributed by atoms with E-state index in [1.165, 1.54) is 4.68 Å². The minimum atomic E-state index is -0.0179. The van der Waals surface area contributed by atoms with Gasteiger partial charge in [0.1, 0.15) is 0 Å². The Morgan fingerprint density at radius 2 is 2.29 bits per heavy atom. The van der Waals surface area contributed by atoms with Crippen LogP contribution in [-0.2, 0) is 4.74 Å². The first-order chi connectivity index (χ1) is 8.04. The van der Waals surface area contributed by atoms with E-state index in [0.717, 1.165) is 11.4 Å². The summed E-state index contributed by atoms with van der Waals surface area (Å²) < 4.78 is 6.63. The number of carbonyl (C=O) groups is 1. The Balaban J connectivity index is 2.46. The lowest BCUT2D eigenvalue weighted by molar-refractivity contribution is 0.0622. The van der Waals surface area contributed by atoms with Crippen molar-refractivity contribution >= 4 is 5.91 Å². The van der Waals surface area contributed by atoms with Gasteiger partial charge in [0.2, 0.25) is 5.91 Å². The lowest BCUT2D eigenvalue weighted by Gasteiger charge is -2.11. The number of carbonyl (C=O) groups excluding carboxylic acids is 1. The van der Waals surface area contributed by atoms with Crippen molar-refractivity contribution in [3.63, 3.8) is 0 Å². The number of ether oxygens (including phenoxy) is 1. The van der Waals surface area contributed by atoms with E-state index in [1.54, 1.807) is 0 Å². The first kappa shape index (κ1) is 13.9. The van der Waals surface area contributed by atoms with E-state index < -0.39 is 0 Å². The second kappa shape index (κ2) is 6.51. The van der Waals surface area contributed by atoms with Gasteiger partial charge in [-0.25, -0.2) is 4.68 Å². The van der Waals surface area contributed by atoms with E-state index in [9.17, 15) is 4.79 Å². The lowest BCUT2D eigenvalue weighted by atomic mass is 10.1. The Bertz CT molecular complexity index is 374. The van der Waals surface area contributed by atoms with Gasteiger partial charge in [-0.15, -0.1) is 0 Å². The largest absolute Gasteiger partial charge is 0.394 e. The van der Waals surface area contributed by atoms with Crippen molar-refractivity contribution < 1.29 is 14.6 Å². The van der Waals surface area contributed by atoms with Crippen molar-refractivity contribution in [3.8, 4) is 0 Å². The van der Waals surface area contributed by atoms with Crippen LogP contribution in [-0.4, -0.2) is 40.6 Å². The lowest BCUT2D eigenvalue weighted by Crippen LogP contribution is -2.19. The summed E-state index contributed by atoms with van der Waals surface area (Å²) in [6.45, 7) is 6.48. The number of aliphatic hydroxyl groups excluding tert-OH is 1. The molecular formula is C12H20N2O3. The number of nitrogens with zero attached hydrogens (tertiary/aromatic N) is 2. The van der Waals surface area contributed by atoms with Crippen molar-refractivity contribution in [3.05, 3.63) is 17.5 Å². The fraction of sp³-hybridized carbons (Fsp3) is 0.667. The average molecular weight is 240 g/mol. The van der Waals surface area contributed by atoms with Gasteiger partial charge in [0.05, 0.1) is 18.9 Å². The Labute approximate surface area is 101 Å². The van der Waals surface area contributed by atoms with E-state index in [2.05, 4.69) is 5.10 Å². The molecule has 1 aromatic rings. The van der Waals surface area contributed by atoms with Crippen molar-refractivity contribution in [1.29, 1.82) is 0 Å². The fourth-order valence-electron chi connectivity index (χ4n) is 1.67. The van der Waals surface area contributed by atoms with E-state index in [0.29, 0.717) is 19.6 Å². The summed E-state index contributed by atoms with van der Waals surface area (Å²) in [5.41, 5.74) is 1.70. The number of aromatic nitrogens is 2. The molecule has 0 saturated heterocycles. The molecular weight excluding hydrogens is 220 g/mol. The SMILES string of the molecule is Cc1cc(C)n(C(=O)CC(C)COCCO)n1. The molecule has 5 nitrogen and oxygen atoms in total.